The molecule has 0 aliphatic carbocycles. The van der Waals surface area contributed by atoms with Crippen LogP contribution in [-0.2, 0) is 19.0 Å². The van der Waals surface area contributed by atoms with Gasteiger partial charge in [0.15, 0.2) is 0 Å². The van der Waals surface area contributed by atoms with Crippen molar-refractivity contribution < 1.29 is 19.0 Å². The lowest BCUT2D eigenvalue weighted by Crippen LogP contribution is -2.27. The van der Waals surface area contributed by atoms with Crippen LogP contribution in [0.1, 0.15) is 46.5 Å². The summed E-state index contributed by atoms with van der Waals surface area (Å²) in [6.45, 7) is 11.5. The van der Waals surface area contributed by atoms with Crippen LogP contribution in [-0.4, -0.2) is 64.7 Å². The predicted molar refractivity (Wildman–Crippen MR) is 92.7 cm³/mol. The second kappa shape index (κ2) is 17.7. The molecule has 0 fully saturated rings. The summed E-state index contributed by atoms with van der Waals surface area (Å²) in [6, 6.07) is 0.504. The Bertz CT molecular complexity index is 263. The molecular formula is C17H36N2O4. The van der Waals surface area contributed by atoms with Crippen LogP contribution in [0.15, 0.2) is 0 Å². The zero-order valence-corrected chi connectivity index (χ0v) is 15.2. The average molecular weight is 332 g/mol. The van der Waals surface area contributed by atoms with E-state index >= 15 is 0 Å². The third-order valence-electron chi connectivity index (χ3n) is 3.13. The van der Waals surface area contributed by atoms with Gasteiger partial charge in [0.25, 0.3) is 0 Å². The van der Waals surface area contributed by atoms with Crippen molar-refractivity contribution in [2.45, 2.75) is 52.5 Å². The third kappa shape index (κ3) is 21.3. The van der Waals surface area contributed by atoms with Crippen LogP contribution in [0.4, 0.5) is 0 Å². The smallest absolute Gasteiger partial charge is 0.216 e. The van der Waals surface area contributed by atoms with Gasteiger partial charge >= 0.3 is 0 Å². The summed E-state index contributed by atoms with van der Waals surface area (Å²) in [4.78, 5) is 10.7. The van der Waals surface area contributed by atoms with Gasteiger partial charge in [-0.25, -0.2) is 0 Å². The first-order valence-corrected chi connectivity index (χ1v) is 8.84. The highest BCUT2D eigenvalue weighted by Crippen LogP contribution is 1.99. The molecule has 0 aliphatic heterocycles. The van der Waals surface area contributed by atoms with E-state index in [1.807, 2.05) is 0 Å². The van der Waals surface area contributed by atoms with Gasteiger partial charge < -0.3 is 24.8 Å². The van der Waals surface area contributed by atoms with Gasteiger partial charge in [-0.05, 0) is 12.8 Å². The van der Waals surface area contributed by atoms with Crippen molar-refractivity contribution >= 4 is 5.91 Å². The molecule has 1 amide bonds. The minimum Gasteiger partial charge on any atom is -0.379 e. The molecule has 0 unspecified atom stereocenters. The Hall–Kier alpha value is -0.690. The second-order valence-electron chi connectivity index (χ2n) is 5.84. The number of amides is 1. The zero-order chi connectivity index (χ0) is 17.2. The van der Waals surface area contributed by atoms with E-state index in [0.717, 1.165) is 52.0 Å². The third-order valence-corrected chi connectivity index (χ3v) is 3.13. The highest BCUT2D eigenvalue weighted by molar-refractivity contribution is 5.72. The van der Waals surface area contributed by atoms with Crippen LogP contribution in [0, 0.1) is 0 Å². The number of nitrogens with one attached hydrogen (secondary N) is 2. The first kappa shape index (κ1) is 22.3. The van der Waals surface area contributed by atoms with E-state index < -0.39 is 0 Å². The molecule has 23 heavy (non-hydrogen) atoms. The number of ether oxygens (including phenoxy) is 3. The fourth-order valence-corrected chi connectivity index (χ4v) is 1.91. The molecule has 0 saturated heterocycles. The van der Waals surface area contributed by atoms with E-state index in [9.17, 15) is 4.79 Å². The molecule has 0 aromatic carbocycles. The maximum atomic E-state index is 10.7. The van der Waals surface area contributed by atoms with Crippen LogP contribution in [0.3, 0.4) is 0 Å². The minimum atomic E-state index is 0.0472. The summed E-state index contributed by atoms with van der Waals surface area (Å²) in [5, 5.41) is 6.09. The van der Waals surface area contributed by atoms with Gasteiger partial charge in [0.05, 0.1) is 33.0 Å². The average Bonchev–Trinajstić information content (AvgIpc) is 2.49. The van der Waals surface area contributed by atoms with Crippen molar-refractivity contribution in [2.24, 2.45) is 0 Å². The molecule has 2 N–H and O–H groups in total. The fraction of sp³-hybridized carbons (Fsp3) is 0.941. The highest BCUT2D eigenvalue weighted by atomic mass is 16.5. The Morgan fingerprint density at radius 2 is 1.35 bits per heavy atom. The van der Waals surface area contributed by atoms with E-state index in [1.165, 1.54) is 0 Å². The van der Waals surface area contributed by atoms with Gasteiger partial charge in [-0.1, -0.05) is 26.7 Å². The van der Waals surface area contributed by atoms with Gasteiger partial charge in [0.2, 0.25) is 5.91 Å². The maximum Gasteiger partial charge on any atom is 0.216 e. The van der Waals surface area contributed by atoms with Crippen molar-refractivity contribution in [3.8, 4) is 0 Å². The molecule has 0 saturated carbocycles. The van der Waals surface area contributed by atoms with Crippen LogP contribution >= 0.6 is 0 Å². The lowest BCUT2D eigenvalue weighted by atomic mass is 10.2. The first-order chi connectivity index (χ1) is 11.1. The summed E-state index contributed by atoms with van der Waals surface area (Å²) in [6.07, 6.45) is 4.36. The van der Waals surface area contributed by atoms with Crippen molar-refractivity contribution in [1.29, 1.82) is 0 Å². The SMILES string of the molecule is CC(=O)NCCCCCCOCCOCCOCCNC(C)C. The summed E-state index contributed by atoms with van der Waals surface area (Å²) in [5.74, 6) is 0.0472. The molecular weight excluding hydrogens is 296 g/mol. The van der Waals surface area contributed by atoms with Crippen LogP contribution in [0.2, 0.25) is 0 Å². The maximum absolute atomic E-state index is 10.7. The molecule has 6 heteroatoms. The molecule has 0 aromatic heterocycles. The summed E-state index contributed by atoms with van der Waals surface area (Å²) >= 11 is 0. The van der Waals surface area contributed by atoms with E-state index in [0.29, 0.717) is 32.5 Å². The normalized spacial score (nSPS) is 11.1. The molecule has 0 heterocycles. The van der Waals surface area contributed by atoms with E-state index in [4.69, 9.17) is 14.2 Å². The molecule has 0 radical (unpaired) electrons. The van der Waals surface area contributed by atoms with Gasteiger partial charge in [-0.3, -0.25) is 4.79 Å². The molecule has 0 rings (SSSR count). The lowest BCUT2D eigenvalue weighted by Gasteiger charge is -2.09. The quantitative estimate of drug-likeness (QED) is 0.397. The number of hydrogen-bond donors (Lipinski definition) is 2. The van der Waals surface area contributed by atoms with Gasteiger partial charge in [-0.15, -0.1) is 0 Å². The van der Waals surface area contributed by atoms with Crippen LogP contribution in [0.5, 0.6) is 0 Å². The Kier molecular flexibility index (Phi) is 17.1. The first-order valence-electron chi connectivity index (χ1n) is 8.84. The Morgan fingerprint density at radius 1 is 0.783 bits per heavy atom. The topological polar surface area (TPSA) is 68.8 Å². The van der Waals surface area contributed by atoms with Crippen molar-refractivity contribution in [2.75, 3.05) is 52.7 Å². The predicted octanol–water partition coefficient (Wildman–Crippen LogP) is 1.73. The summed E-state index contributed by atoms with van der Waals surface area (Å²) in [5.41, 5.74) is 0. The molecule has 0 bridgehead atoms. The van der Waals surface area contributed by atoms with Crippen LogP contribution < -0.4 is 10.6 Å². The standard InChI is InChI=1S/C17H36N2O4/c1-16(2)18-9-11-22-13-15-23-14-12-21-10-7-5-4-6-8-19-17(3)20/h16,18H,4-15H2,1-3H3,(H,19,20). The lowest BCUT2D eigenvalue weighted by molar-refractivity contribution is -0.118. The molecule has 6 nitrogen and oxygen atoms in total. The number of carbonyl (C=O) groups is 1. The van der Waals surface area contributed by atoms with E-state index in [2.05, 4.69) is 24.5 Å². The molecule has 0 aliphatic rings. The fourth-order valence-electron chi connectivity index (χ4n) is 1.91. The molecule has 138 valence electrons. The summed E-state index contributed by atoms with van der Waals surface area (Å²) < 4.78 is 16.4. The second-order valence-corrected chi connectivity index (χ2v) is 5.84. The van der Waals surface area contributed by atoms with E-state index in [1.54, 1.807) is 6.92 Å². The zero-order valence-electron chi connectivity index (χ0n) is 15.2. The van der Waals surface area contributed by atoms with Gasteiger partial charge in [0.1, 0.15) is 0 Å². The minimum absolute atomic E-state index is 0.0472. The Morgan fingerprint density at radius 3 is 1.96 bits per heavy atom. The Balaban J connectivity index is 2.99. The number of rotatable bonds is 17. The van der Waals surface area contributed by atoms with Crippen molar-refractivity contribution in [3.63, 3.8) is 0 Å². The molecule has 0 aromatic rings. The van der Waals surface area contributed by atoms with E-state index in [-0.39, 0.29) is 5.91 Å². The molecule has 0 spiro atoms. The highest BCUT2D eigenvalue weighted by Gasteiger charge is 1.95. The number of hydrogen-bond acceptors (Lipinski definition) is 5. The van der Waals surface area contributed by atoms with Gasteiger partial charge in [0, 0.05) is 32.7 Å². The Labute approximate surface area is 141 Å². The van der Waals surface area contributed by atoms with Crippen LogP contribution in [0.25, 0.3) is 0 Å². The van der Waals surface area contributed by atoms with Crippen molar-refractivity contribution in [1.82, 2.24) is 10.6 Å². The van der Waals surface area contributed by atoms with Gasteiger partial charge in [-0.2, -0.15) is 0 Å². The largest absolute Gasteiger partial charge is 0.379 e. The number of unbranched alkanes of at least 4 members (excludes halogenated alkanes) is 3. The van der Waals surface area contributed by atoms with Crippen molar-refractivity contribution in [3.05, 3.63) is 0 Å². The monoisotopic (exact) mass is 332 g/mol. The number of carbonyl (C=O) groups excluding carboxylic acids is 1. The summed E-state index contributed by atoms with van der Waals surface area (Å²) in [7, 11) is 0. The molecule has 0 atom stereocenters.